The van der Waals surface area contributed by atoms with Crippen molar-refractivity contribution in [3.8, 4) is 0 Å². The Balaban J connectivity index is 0.000000205. The SMILES string of the molecule is CC(C)(C)c1cccc(CN2CC=CC2)c1.CC(C)(C)c1cccc2cc[nH]c12.Cc1ccc(C(C)(C)C)cc1C.Cc1ccc2c(c1)nc(C(C)C)n2C(C)C.Cc1ccc2nc(C(C)C)[nH]c2c1.Cc1cccc(C(C)(C)C)c1.Cc1ccnc(C(C)(C)C)c1.Cc1cnc2nc(C(C)(C)C)[nH]c2c1.Cc1cncc(C(C)(C)C)c1. The molecule has 0 saturated heterocycles. The molecule has 11 heteroatoms. The quantitative estimate of drug-likeness (QED) is 0.146. The van der Waals surface area contributed by atoms with Gasteiger partial charge in [-0.25, -0.2) is 19.9 Å². The Morgan fingerprint density at radius 3 is 1.49 bits per heavy atom. The topological polar surface area (TPSA) is 133 Å². The molecule has 0 fully saturated rings. The third kappa shape index (κ3) is 30.4. The number of H-pyrrole nitrogens is 3. The summed E-state index contributed by atoms with van der Waals surface area (Å²) in [5, 5.41) is 1.30. The maximum Gasteiger partial charge on any atom is 0.177 e. The van der Waals surface area contributed by atoms with Crippen molar-refractivity contribution in [3.05, 3.63) is 296 Å². The Hall–Kier alpha value is -9.58. The molecule has 117 heavy (non-hydrogen) atoms. The van der Waals surface area contributed by atoms with Crippen molar-refractivity contribution in [2.45, 2.75) is 305 Å². The minimum absolute atomic E-state index is 0.0502. The number of aromatic nitrogens is 10. The van der Waals surface area contributed by atoms with Crippen LogP contribution in [0.15, 0.2) is 195 Å². The Labute approximate surface area is 707 Å². The Morgan fingerprint density at radius 1 is 0.402 bits per heavy atom. The summed E-state index contributed by atoms with van der Waals surface area (Å²) >= 11 is 0. The summed E-state index contributed by atoms with van der Waals surface area (Å²) in [5.74, 6) is 4.18. The summed E-state index contributed by atoms with van der Waals surface area (Å²) in [6.07, 6.45) is 14.0. The van der Waals surface area contributed by atoms with E-state index in [2.05, 4.69) is 442 Å². The maximum atomic E-state index is 4.76. The molecule has 8 heterocycles. The number of aromatic amines is 3. The van der Waals surface area contributed by atoms with Crippen molar-refractivity contribution in [1.82, 2.24) is 54.3 Å². The maximum absolute atomic E-state index is 4.76. The van der Waals surface area contributed by atoms with E-state index in [1.54, 1.807) is 0 Å². The highest BCUT2D eigenvalue weighted by atomic mass is 15.1. The predicted molar refractivity (Wildman–Crippen MR) is 508 cm³/mol. The molecular weight excluding hydrogens is 1430 g/mol. The van der Waals surface area contributed by atoms with Crippen LogP contribution in [0.1, 0.15) is 306 Å². The zero-order chi connectivity index (χ0) is 87.5. The molecule has 0 spiro atoms. The molecule has 14 rings (SSSR count). The molecule has 0 bridgehead atoms. The van der Waals surface area contributed by atoms with Crippen molar-refractivity contribution in [3.63, 3.8) is 0 Å². The fourth-order valence-electron chi connectivity index (χ4n) is 12.9. The van der Waals surface area contributed by atoms with Crippen molar-refractivity contribution < 1.29 is 0 Å². The number of fused-ring (bicyclic) bond motifs is 4. The normalized spacial score (nSPS) is 12.5. The first-order valence-corrected chi connectivity index (χ1v) is 42.5. The number of aryl methyl sites for hydroxylation is 8. The van der Waals surface area contributed by atoms with Gasteiger partial charge in [-0.15, -0.1) is 0 Å². The number of para-hydroxylation sites is 1. The van der Waals surface area contributed by atoms with Crippen LogP contribution in [-0.2, 0) is 44.4 Å². The summed E-state index contributed by atoms with van der Waals surface area (Å²) < 4.78 is 2.35. The average molecular weight is 1580 g/mol. The first kappa shape index (κ1) is 96.3. The minimum atomic E-state index is 0.0502. The molecule has 0 radical (unpaired) electrons. The first-order chi connectivity index (χ1) is 54.2. The van der Waals surface area contributed by atoms with Gasteiger partial charge in [0, 0.05) is 90.5 Å². The van der Waals surface area contributed by atoms with E-state index in [4.69, 9.17) is 4.98 Å². The van der Waals surface area contributed by atoms with Crippen LogP contribution >= 0.6 is 0 Å². The molecule has 7 aromatic heterocycles. The zero-order valence-electron chi connectivity index (χ0n) is 78.9. The molecule has 0 atom stereocenters. The largest absolute Gasteiger partial charge is 0.361 e. The monoisotopic (exact) mass is 1580 g/mol. The predicted octanol–water partition coefficient (Wildman–Crippen LogP) is 28.7. The molecule has 0 unspecified atom stereocenters. The smallest absolute Gasteiger partial charge is 0.177 e. The number of nitrogens with one attached hydrogen (secondary N) is 3. The lowest BCUT2D eigenvalue weighted by atomic mass is 9.85. The van der Waals surface area contributed by atoms with Gasteiger partial charge in [-0.2, -0.15) is 0 Å². The molecule has 1 aliphatic heterocycles. The third-order valence-electron chi connectivity index (χ3n) is 20.5. The summed E-state index contributed by atoms with van der Waals surface area (Å²) in [7, 11) is 0. The number of pyridine rings is 3. The van der Waals surface area contributed by atoms with E-state index in [1.165, 1.54) is 94.6 Å². The number of rotatable bonds is 5. The van der Waals surface area contributed by atoms with Crippen LogP contribution in [0.4, 0.5) is 0 Å². The van der Waals surface area contributed by atoms with Gasteiger partial charge in [-0.05, 0) is 223 Å². The molecule has 11 nitrogen and oxygen atoms in total. The second kappa shape index (κ2) is 41.2. The summed E-state index contributed by atoms with van der Waals surface area (Å²) in [5.41, 5.74) is 29.0. The summed E-state index contributed by atoms with van der Waals surface area (Å²) in [6.45, 7) is 79.7. The second-order valence-electron chi connectivity index (χ2n) is 40.3. The van der Waals surface area contributed by atoms with Gasteiger partial charge in [0.25, 0.3) is 0 Å². The molecule has 628 valence electrons. The lowest BCUT2D eigenvalue weighted by Gasteiger charge is -2.21. The highest BCUT2D eigenvalue weighted by Gasteiger charge is 2.22. The van der Waals surface area contributed by atoms with Crippen LogP contribution in [0.5, 0.6) is 0 Å². The van der Waals surface area contributed by atoms with Crippen molar-refractivity contribution in [2.24, 2.45) is 0 Å². The molecule has 0 saturated carbocycles. The Kier molecular flexibility index (Phi) is 33.9. The lowest BCUT2D eigenvalue weighted by molar-refractivity contribution is 0.345. The van der Waals surface area contributed by atoms with E-state index < -0.39 is 0 Å². The minimum Gasteiger partial charge on any atom is -0.361 e. The Morgan fingerprint density at radius 2 is 0.957 bits per heavy atom. The summed E-state index contributed by atoms with van der Waals surface area (Å²) in [4.78, 5) is 38.8. The van der Waals surface area contributed by atoms with Crippen molar-refractivity contribution in [1.29, 1.82) is 0 Å². The molecule has 3 N–H and O–H groups in total. The third-order valence-corrected chi connectivity index (χ3v) is 20.5. The lowest BCUT2D eigenvalue weighted by Crippen LogP contribution is -2.19. The van der Waals surface area contributed by atoms with Gasteiger partial charge < -0.3 is 19.5 Å². The zero-order valence-corrected chi connectivity index (χ0v) is 78.9. The number of imidazole rings is 3. The molecule has 13 aromatic rings. The average Bonchev–Trinajstić information content (AvgIpc) is 1.83. The van der Waals surface area contributed by atoms with Crippen molar-refractivity contribution >= 4 is 44.1 Å². The molecule has 0 aliphatic carbocycles. The first-order valence-electron chi connectivity index (χ1n) is 42.5. The van der Waals surface area contributed by atoms with Gasteiger partial charge in [0.15, 0.2) is 5.65 Å². The Bertz CT molecular complexity index is 5140. The van der Waals surface area contributed by atoms with Crippen LogP contribution in [0.2, 0.25) is 0 Å². The highest BCUT2D eigenvalue weighted by Crippen LogP contribution is 2.32. The van der Waals surface area contributed by atoms with Crippen LogP contribution in [0, 0.1) is 55.4 Å². The number of benzene rings is 6. The number of hydrogen-bond donors (Lipinski definition) is 3. The van der Waals surface area contributed by atoms with Gasteiger partial charge in [-0.3, -0.25) is 14.9 Å². The van der Waals surface area contributed by atoms with E-state index in [0.29, 0.717) is 17.9 Å². The van der Waals surface area contributed by atoms with E-state index in [1.807, 2.05) is 44.0 Å². The van der Waals surface area contributed by atoms with Crippen LogP contribution < -0.4 is 0 Å². The van der Waals surface area contributed by atoms with Crippen molar-refractivity contribution in [2.75, 3.05) is 13.1 Å². The van der Waals surface area contributed by atoms with Gasteiger partial charge in [0.2, 0.25) is 0 Å². The van der Waals surface area contributed by atoms with Gasteiger partial charge in [0.1, 0.15) is 17.5 Å². The van der Waals surface area contributed by atoms with Crippen LogP contribution in [0.25, 0.3) is 44.1 Å². The number of hydrogen-bond acceptors (Lipinski definition) is 7. The van der Waals surface area contributed by atoms with E-state index in [0.717, 1.165) is 70.3 Å². The second-order valence-corrected chi connectivity index (χ2v) is 40.3. The van der Waals surface area contributed by atoms with E-state index in [9.17, 15) is 0 Å². The fourth-order valence-corrected chi connectivity index (χ4v) is 12.9. The van der Waals surface area contributed by atoms with Gasteiger partial charge in [0.05, 0.1) is 27.6 Å². The standard InChI is InChI=1S/C15H21N.C14H20N2.C12H15N.C12H18.C11H15N3.C11H14N2.C11H16.2C10H15N/c1-15(2,3)14-8-6-7-13(11-14)12-16-9-4-5-10-16;1-9(2)14-15-12-8-11(5)6-7-13(12)16(14)10(3)4;1-12(2,3)10-6-4-5-9-7-8-13-11(9)10;1-9-6-7-11(8-10(9)2)12(3,4)5;1-7-5-8-9(12-6-7)14-10(13-8)11(2,3)4;1-7(2)11-12-9-5-4-8(3)6-10(9)13-11;1-9-6-5-7-10(8-9)11(2,3)4;1-8-5-9(7-11-6-8)10(2,3)4;1-8-5-6-11-9(7-8)10(2,3)4/h4-8,11H,9-10,12H2,1-3H3;6-10H,1-5H3;4-8,13H,1-3H3;6-8H,1-5H3;5-6H,1-4H3,(H,12,13,14);4-7H,1-3H3,(H,12,13);5-8H,1-4H3;2*5-7H,1-4H3. The van der Waals surface area contributed by atoms with E-state index >= 15 is 0 Å². The molecule has 0 amide bonds. The van der Waals surface area contributed by atoms with Crippen LogP contribution in [0.3, 0.4) is 0 Å². The highest BCUT2D eigenvalue weighted by molar-refractivity contribution is 5.83. The molecule has 1 aliphatic rings. The van der Waals surface area contributed by atoms with Gasteiger partial charge >= 0.3 is 0 Å². The van der Waals surface area contributed by atoms with Gasteiger partial charge in [-0.1, -0.05) is 294 Å². The fraction of sp³-hybridized carbons (Fsp3) is 0.453. The van der Waals surface area contributed by atoms with Crippen LogP contribution in [-0.4, -0.2) is 67.4 Å². The summed E-state index contributed by atoms with van der Waals surface area (Å²) in [6, 6.07) is 54.6. The molecule has 6 aromatic carbocycles. The van der Waals surface area contributed by atoms with E-state index in [-0.39, 0.29) is 37.9 Å². The number of nitrogens with zero attached hydrogens (tertiary/aromatic N) is 8. The molecular formula is C106H149N11.